The number of hydrogen-bond acceptors (Lipinski definition) is 9. The lowest BCUT2D eigenvalue weighted by atomic mass is 9.93. The summed E-state index contributed by atoms with van der Waals surface area (Å²) in [5.74, 6) is 0.266. The number of halogens is 1. The van der Waals surface area contributed by atoms with Gasteiger partial charge in [-0.3, -0.25) is 4.99 Å². The van der Waals surface area contributed by atoms with Crippen LogP contribution in [-0.4, -0.2) is 46.8 Å². The van der Waals surface area contributed by atoms with Gasteiger partial charge >= 0.3 is 0 Å². The van der Waals surface area contributed by atoms with E-state index in [-0.39, 0.29) is 28.9 Å². The van der Waals surface area contributed by atoms with Crippen molar-refractivity contribution in [1.29, 1.82) is 0 Å². The van der Waals surface area contributed by atoms with E-state index < -0.39 is 25.9 Å². The predicted molar refractivity (Wildman–Crippen MR) is 127 cm³/mol. The molecule has 1 fully saturated rings. The molecular weight excluding hydrogens is 459 g/mol. The molecule has 2 atom stereocenters. The molecule has 0 amide bonds. The molecule has 11 heteroatoms. The highest BCUT2D eigenvalue weighted by molar-refractivity contribution is 7.93. The largest absolute Gasteiger partial charge is 0.495 e. The molecule has 0 aromatic carbocycles. The minimum absolute atomic E-state index is 0.0309. The number of aliphatic imine (C=N–C) groups is 1. The number of hydrogen-bond donors (Lipinski definition) is 2. The fourth-order valence-electron chi connectivity index (χ4n) is 4.61. The molecule has 0 saturated heterocycles. The van der Waals surface area contributed by atoms with E-state index >= 15 is 0 Å². The fourth-order valence-corrected chi connectivity index (χ4v) is 6.98. The Bertz CT molecular complexity index is 1440. The molecule has 0 spiro atoms. The molecule has 1 aliphatic carbocycles. The highest BCUT2D eigenvalue weighted by Gasteiger charge is 2.59. The van der Waals surface area contributed by atoms with Crippen molar-refractivity contribution in [1.82, 2.24) is 15.0 Å². The summed E-state index contributed by atoms with van der Waals surface area (Å²) < 4.78 is 45.6. The van der Waals surface area contributed by atoms with Gasteiger partial charge in [0.2, 0.25) is 0 Å². The summed E-state index contributed by atoms with van der Waals surface area (Å²) in [6.07, 6.45) is 5.80. The normalized spacial score (nSPS) is 26.2. The lowest BCUT2D eigenvalue weighted by Crippen LogP contribution is -2.58. The number of methoxy groups -OCH3 is 1. The molecule has 3 aromatic rings. The van der Waals surface area contributed by atoms with Gasteiger partial charge < -0.3 is 15.8 Å². The minimum Gasteiger partial charge on any atom is -0.495 e. The highest BCUT2D eigenvalue weighted by Crippen LogP contribution is 2.49. The molecular formula is C23H25FN6O3S. The topological polar surface area (TPSA) is 132 Å². The third kappa shape index (κ3) is 3.46. The molecule has 178 valence electrons. The lowest BCUT2D eigenvalue weighted by Gasteiger charge is -2.40. The first-order valence-corrected chi connectivity index (χ1v) is 12.5. The van der Waals surface area contributed by atoms with Crippen molar-refractivity contribution in [2.45, 2.75) is 37.0 Å². The summed E-state index contributed by atoms with van der Waals surface area (Å²) in [4.78, 5) is 17.4. The lowest BCUT2D eigenvalue weighted by molar-refractivity contribution is 0.414. The Balaban J connectivity index is 1.54. The zero-order valence-corrected chi connectivity index (χ0v) is 19.9. The Kier molecular flexibility index (Phi) is 5.01. The third-order valence-electron chi connectivity index (χ3n) is 6.84. The molecule has 2 aliphatic rings. The van der Waals surface area contributed by atoms with E-state index in [0.29, 0.717) is 17.1 Å². The second kappa shape index (κ2) is 7.59. The average Bonchev–Trinajstić information content (AvgIpc) is 3.64. The van der Waals surface area contributed by atoms with Gasteiger partial charge in [-0.1, -0.05) is 0 Å². The Hall–Kier alpha value is -3.34. The molecule has 0 bridgehead atoms. The monoisotopic (exact) mass is 484 g/mol. The number of nitrogens with zero attached hydrogens (tertiary/aromatic N) is 4. The molecule has 5 rings (SSSR count). The molecule has 3 N–H and O–H groups in total. The number of pyridine rings is 3. The second-order valence-electron chi connectivity index (χ2n) is 9.19. The average molecular weight is 485 g/mol. The summed E-state index contributed by atoms with van der Waals surface area (Å²) in [6.45, 7) is 3.21. The molecule has 3 aromatic heterocycles. The zero-order valence-electron chi connectivity index (χ0n) is 19.0. The van der Waals surface area contributed by atoms with Crippen LogP contribution in [0.2, 0.25) is 0 Å². The molecule has 1 aliphatic heterocycles. The Morgan fingerprint density at radius 1 is 1.18 bits per heavy atom. The maximum absolute atomic E-state index is 15.0. The van der Waals surface area contributed by atoms with Gasteiger partial charge in [0.1, 0.15) is 39.0 Å². The number of aromatic nitrogens is 3. The van der Waals surface area contributed by atoms with Gasteiger partial charge in [0, 0.05) is 17.1 Å². The van der Waals surface area contributed by atoms with Gasteiger partial charge in [0.05, 0.1) is 25.3 Å². The van der Waals surface area contributed by atoms with Gasteiger partial charge in [0.25, 0.3) is 0 Å². The van der Waals surface area contributed by atoms with Gasteiger partial charge in [0.15, 0.2) is 15.7 Å². The van der Waals surface area contributed by atoms with E-state index in [0.717, 1.165) is 24.4 Å². The van der Waals surface area contributed by atoms with E-state index in [1.54, 1.807) is 39.4 Å². The molecule has 0 unspecified atom stereocenters. The van der Waals surface area contributed by atoms with Crippen molar-refractivity contribution >= 4 is 38.2 Å². The summed E-state index contributed by atoms with van der Waals surface area (Å²) in [6, 6.07) is 5.06. The molecule has 0 radical (unpaired) electrons. The first-order valence-electron chi connectivity index (χ1n) is 10.9. The van der Waals surface area contributed by atoms with E-state index in [9.17, 15) is 12.8 Å². The summed E-state index contributed by atoms with van der Waals surface area (Å²) in [5, 5.41) is 3.86. The zero-order chi connectivity index (χ0) is 24.3. The van der Waals surface area contributed by atoms with Crippen LogP contribution in [0, 0.1) is 11.7 Å². The Morgan fingerprint density at radius 3 is 2.62 bits per heavy atom. The van der Waals surface area contributed by atoms with Gasteiger partial charge in [-0.15, -0.1) is 0 Å². The summed E-state index contributed by atoms with van der Waals surface area (Å²) >= 11 is 0. The predicted octanol–water partition coefficient (Wildman–Crippen LogP) is 3.09. The van der Waals surface area contributed by atoms with Crippen LogP contribution in [0.15, 0.2) is 41.8 Å². The van der Waals surface area contributed by atoms with Crippen molar-refractivity contribution in [3.05, 3.63) is 48.2 Å². The van der Waals surface area contributed by atoms with Crippen LogP contribution in [0.3, 0.4) is 0 Å². The van der Waals surface area contributed by atoms with Crippen LogP contribution in [0.1, 0.15) is 32.3 Å². The molecule has 34 heavy (non-hydrogen) atoms. The number of fused-ring (bicyclic) bond motifs is 1. The molecule has 1 saturated carbocycles. The van der Waals surface area contributed by atoms with Crippen molar-refractivity contribution in [2.75, 3.05) is 18.2 Å². The van der Waals surface area contributed by atoms with Crippen LogP contribution in [0.4, 0.5) is 16.0 Å². The number of nitrogens with one attached hydrogen (secondary N) is 1. The van der Waals surface area contributed by atoms with Crippen LogP contribution in [0.5, 0.6) is 5.75 Å². The smallest absolute Gasteiger partial charge is 0.165 e. The summed E-state index contributed by atoms with van der Waals surface area (Å²) in [7, 11) is -2.13. The van der Waals surface area contributed by atoms with Crippen molar-refractivity contribution in [3.8, 4) is 5.75 Å². The second-order valence-corrected chi connectivity index (χ2v) is 11.6. The van der Waals surface area contributed by atoms with Crippen LogP contribution < -0.4 is 15.8 Å². The SMILES string of the molecule is COc1cnc2c(Nc3cc([C@]4(C)CS(=O)(=O)[C@@](C)(C5CC5)C(N)=N4)c(F)cn3)nccc2c1. The third-order valence-corrected chi connectivity index (χ3v) is 9.62. The van der Waals surface area contributed by atoms with Crippen molar-refractivity contribution < 1.29 is 17.5 Å². The number of rotatable bonds is 5. The Morgan fingerprint density at radius 2 is 1.94 bits per heavy atom. The van der Waals surface area contributed by atoms with E-state index in [2.05, 4.69) is 25.3 Å². The van der Waals surface area contributed by atoms with Gasteiger partial charge in [-0.05, 0) is 50.8 Å². The fraction of sp³-hybridized carbons (Fsp3) is 0.391. The first-order chi connectivity index (χ1) is 16.1. The molecule has 4 heterocycles. The quantitative estimate of drug-likeness (QED) is 0.565. The minimum atomic E-state index is -3.69. The van der Waals surface area contributed by atoms with Gasteiger partial charge in [-0.25, -0.2) is 27.8 Å². The molecule has 9 nitrogen and oxygen atoms in total. The maximum Gasteiger partial charge on any atom is 0.165 e. The van der Waals surface area contributed by atoms with Crippen LogP contribution >= 0.6 is 0 Å². The van der Waals surface area contributed by atoms with Crippen LogP contribution in [0.25, 0.3) is 10.9 Å². The number of anilines is 2. The first kappa shape index (κ1) is 22.5. The summed E-state index contributed by atoms with van der Waals surface area (Å²) in [5.41, 5.74) is 5.50. The van der Waals surface area contributed by atoms with E-state index in [1.807, 2.05) is 6.07 Å². The highest BCUT2D eigenvalue weighted by atomic mass is 32.2. The number of sulfone groups is 1. The maximum atomic E-state index is 15.0. The standard InChI is InChI=1S/C23H25FN6O3S/c1-22(12-34(31,32)23(2,14-4-5-14)21(25)30-22)16-9-18(27-11-17(16)24)29-20-19-13(6-7-26-20)8-15(33-3)10-28-19/h6-11,14H,4-5,12H2,1-3H3,(H2,25,30)(H,26,27,29)/t22-,23-/m0/s1. The van der Waals surface area contributed by atoms with Crippen molar-refractivity contribution in [3.63, 3.8) is 0 Å². The van der Waals surface area contributed by atoms with E-state index in [1.165, 1.54) is 6.07 Å². The Labute approximate surface area is 196 Å². The van der Waals surface area contributed by atoms with Crippen molar-refractivity contribution in [2.24, 2.45) is 16.6 Å². The number of amidine groups is 1. The number of ether oxygens (including phenoxy) is 1. The van der Waals surface area contributed by atoms with E-state index in [4.69, 9.17) is 10.5 Å². The van der Waals surface area contributed by atoms with Gasteiger partial charge in [-0.2, -0.15) is 0 Å². The van der Waals surface area contributed by atoms with Crippen LogP contribution in [-0.2, 0) is 15.4 Å². The number of nitrogens with two attached hydrogens (primary N) is 1.